The number of nitrogens with zero attached hydrogens (tertiary/aromatic N) is 4. The number of sulfonamides is 1. The maximum atomic E-state index is 14.0. The Bertz CT molecular complexity index is 1920. The number of thiazole rings is 1. The average Bonchev–Trinajstić information content (AvgIpc) is 3.55. The molecular weight excluding hydrogens is 613 g/mol. The number of ether oxygens (including phenoxy) is 1. The zero-order valence-corrected chi connectivity index (χ0v) is 25.8. The number of nitro benzene ring substituents is 1. The molecule has 5 rings (SSSR count). The van der Waals surface area contributed by atoms with E-state index in [-0.39, 0.29) is 18.9 Å². The predicted octanol–water partition coefficient (Wildman–Crippen LogP) is 6.97. The first-order valence-electron chi connectivity index (χ1n) is 13.8. The first-order valence-corrected chi connectivity index (χ1v) is 16.1. The van der Waals surface area contributed by atoms with E-state index < -0.39 is 25.5 Å². The van der Waals surface area contributed by atoms with E-state index in [1.165, 1.54) is 42.7 Å². The van der Waals surface area contributed by atoms with E-state index in [1.807, 2.05) is 35.7 Å². The van der Waals surface area contributed by atoms with E-state index in [9.17, 15) is 23.3 Å². The van der Waals surface area contributed by atoms with Crippen molar-refractivity contribution in [3.05, 3.63) is 135 Å². The number of para-hydroxylation sites is 1. The number of aliphatic imine (C=N–C) groups is 1. The maximum Gasteiger partial charge on any atom is 0.305 e. The Morgan fingerprint density at radius 2 is 1.62 bits per heavy atom. The van der Waals surface area contributed by atoms with Crippen molar-refractivity contribution in [1.82, 2.24) is 4.98 Å². The minimum Gasteiger partial charge on any atom is -0.469 e. The standard InChI is InChI=1S/C33H28N4O6S2/c1-43-33(38)20-15-24-13-18-28(19-14-24)36(45(41,42)31-10-6-5-9-30(31)37(39)40)22-25-11-16-27(17-12-25)34-21-32-35-29(23-44-32)26-7-3-2-4-8-26/h2-14,16-19,21,23H,15,20,22H2,1H3/b34-21+. The third-order valence-corrected chi connectivity index (χ3v) is 9.48. The van der Waals surface area contributed by atoms with Gasteiger partial charge in [-0.2, -0.15) is 0 Å². The van der Waals surface area contributed by atoms with Crippen LogP contribution in [0, 0.1) is 10.1 Å². The van der Waals surface area contributed by atoms with E-state index in [2.05, 4.69) is 9.98 Å². The van der Waals surface area contributed by atoms with Crippen molar-refractivity contribution in [2.45, 2.75) is 24.3 Å². The Hall–Kier alpha value is -5.20. The number of carbonyl (C=O) groups is 1. The van der Waals surface area contributed by atoms with Crippen LogP contribution in [0.25, 0.3) is 11.3 Å². The summed E-state index contributed by atoms with van der Waals surface area (Å²) in [6, 6.07) is 28.9. The van der Waals surface area contributed by atoms with Crippen molar-refractivity contribution < 1.29 is 22.9 Å². The molecule has 0 saturated heterocycles. The fourth-order valence-electron chi connectivity index (χ4n) is 4.51. The first kappa shape index (κ1) is 31.2. The van der Waals surface area contributed by atoms with E-state index >= 15 is 0 Å². The molecular formula is C33H28N4O6S2. The first-order chi connectivity index (χ1) is 21.7. The van der Waals surface area contributed by atoms with Crippen molar-refractivity contribution >= 4 is 50.6 Å². The van der Waals surface area contributed by atoms with Gasteiger partial charge in [0.15, 0.2) is 4.90 Å². The number of methoxy groups -OCH3 is 1. The van der Waals surface area contributed by atoms with Crippen LogP contribution in [0.5, 0.6) is 0 Å². The molecule has 0 radical (unpaired) electrons. The molecule has 45 heavy (non-hydrogen) atoms. The Labute approximate surface area is 264 Å². The van der Waals surface area contributed by atoms with Gasteiger partial charge < -0.3 is 4.74 Å². The number of hydrogen-bond acceptors (Lipinski definition) is 9. The molecule has 0 aliphatic heterocycles. The van der Waals surface area contributed by atoms with Crippen LogP contribution in [-0.2, 0) is 32.5 Å². The monoisotopic (exact) mass is 640 g/mol. The Morgan fingerprint density at radius 3 is 2.31 bits per heavy atom. The fourth-order valence-corrected chi connectivity index (χ4v) is 6.81. The molecule has 4 aromatic carbocycles. The molecule has 0 aliphatic carbocycles. The molecule has 0 amide bonds. The van der Waals surface area contributed by atoms with Crippen molar-refractivity contribution in [2.75, 3.05) is 11.4 Å². The Kier molecular flexibility index (Phi) is 9.76. The van der Waals surface area contributed by atoms with Crippen LogP contribution >= 0.6 is 11.3 Å². The molecule has 1 heterocycles. The van der Waals surface area contributed by atoms with Crippen molar-refractivity contribution in [1.29, 1.82) is 0 Å². The summed E-state index contributed by atoms with van der Waals surface area (Å²) in [6.07, 6.45) is 2.28. The molecule has 1 aromatic heterocycles. The van der Waals surface area contributed by atoms with Crippen LogP contribution in [0.4, 0.5) is 17.1 Å². The number of esters is 1. The molecule has 0 aliphatic rings. The van der Waals surface area contributed by atoms with Crippen LogP contribution in [0.15, 0.2) is 118 Å². The van der Waals surface area contributed by atoms with Crippen molar-refractivity contribution in [3.63, 3.8) is 0 Å². The number of aryl methyl sites for hydroxylation is 1. The second-order valence-electron chi connectivity index (χ2n) is 9.84. The number of hydrogen-bond donors (Lipinski definition) is 0. The lowest BCUT2D eigenvalue weighted by atomic mass is 10.1. The summed E-state index contributed by atoms with van der Waals surface area (Å²) in [5.41, 5.74) is 3.80. The number of aromatic nitrogens is 1. The number of rotatable bonds is 12. The molecule has 0 spiro atoms. The normalized spacial score (nSPS) is 11.4. The molecule has 5 aromatic rings. The summed E-state index contributed by atoms with van der Waals surface area (Å²) in [5.74, 6) is -0.351. The van der Waals surface area contributed by atoms with Gasteiger partial charge in [-0.1, -0.05) is 66.7 Å². The zero-order valence-electron chi connectivity index (χ0n) is 24.1. The van der Waals surface area contributed by atoms with E-state index in [0.29, 0.717) is 23.4 Å². The molecule has 0 bridgehead atoms. The lowest BCUT2D eigenvalue weighted by Crippen LogP contribution is -2.31. The van der Waals surface area contributed by atoms with Gasteiger partial charge in [-0.05, 0) is 47.9 Å². The highest BCUT2D eigenvalue weighted by molar-refractivity contribution is 7.93. The lowest BCUT2D eigenvalue weighted by Gasteiger charge is -2.25. The number of carbonyl (C=O) groups excluding carboxylic acids is 1. The van der Waals surface area contributed by atoms with E-state index in [4.69, 9.17) is 4.74 Å². The summed E-state index contributed by atoms with van der Waals surface area (Å²) in [5, 5.41) is 14.4. The molecule has 228 valence electrons. The third-order valence-electron chi connectivity index (χ3n) is 6.88. The van der Waals surface area contributed by atoms with Gasteiger partial charge in [0.2, 0.25) is 0 Å². The largest absolute Gasteiger partial charge is 0.469 e. The smallest absolute Gasteiger partial charge is 0.305 e. The molecule has 0 fully saturated rings. The Morgan fingerprint density at radius 1 is 0.956 bits per heavy atom. The van der Waals surface area contributed by atoms with Gasteiger partial charge in [-0.3, -0.25) is 24.2 Å². The summed E-state index contributed by atoms with van der Waals surface area (Å²) in [4.78, 5) is 31.3. The molecule has 0 N–H and O–H groups in total. The highest BCUT2D eigenvalue weighted by Gasteiger charge is 2.32. The highest BCUT2D eigenvalue weighted by Crippen LogP contribution is 2.32. The zero-order chi connectivity index (χ0) is 31.8. The van der Waals surface area contributed by atoms with Gasteiger partial charge in [0.05, 0.1) is 41.9 Å². The van der Waals surface area contributed by atoms with Gasteiger partial charge in [0.1, 0.15) is 5.01 Å². The van der Waals surface area contributed by atoms with Crippen molar-refractivity contribution in [2.24, 2.45) is 4.99 Å². The van der Waals surface area contributed by atoms with Crippen LogP contribution in [0.1, 0.15) is 22.6 Å². The van der Waals surface area contributed by atoms with Gasteiger partial charge in [0.25, 0.3) is 15.7 Å². The van der Waals surface area contributed by atoms with Gasteiger partial charge >= 0.3 is 5.97 Å². The van der Waals surface area contributed by atoms with Crippen LogP contribution in [0.3, 0.4) is 0 Å². The second-order valence-corrected chi connectivity index (χ2v) is 12.6. The molecule has 0 unspecified atom stereocenters. The number of benzene rings is 4. The lowest BCUT2D eigenvalue weighted by molar-refractivity contribution is -0.387. The maximum absolute atomic E-state index is 14.0. The molecule has 0 atom stereocenters. The van der Waals surface area contributed by atoms with Gasteiger partial charge in [-0.15, -0.1) is 11.3 Å². The average molecular weight is 641 g/mol. The summed E-state index contributed by atoms with van der Waals surface area (Å²) in [7, 11) is -3.05. The minimum absolute atomic E-state index is 0.0905. The minimum atomic E-state index is -4.37. The number of anilines is 1. The van der Waals surface area contributed by atoms with Crippen LogP contribution < -0.4 is 4.31 Å². The summed E-state index contributed by atoms with van der Waals surface area (Å²) in [6.45, 7) is -0.0905. The van der Waals surface area contributed by atoms with Gasteiger partial charge in [-0.25, -0.2) is 13.4 Å². The molecule has 10 nitrogen and oxygen atoms in total. The van der Waals surface area contributed by atoms with E-state index in [1.54, 1.807) is 54.7 Å². The van der Waals surface area contributed by atoms with Gasteiger partial charge in [0, 0.05) is 23.4 Å². The highest BCUT2D eigenvalue weighted by atomic mass is 32.2. The summed E-state index contributed by atoms with van der Waals surface area (Å²) < 4.78 is 33.8. The van der Waals surface area contributed by atoms with E-state index in [0.717, 1.165) is 26.1 Å². The van der Waals surface area contributed by atoms with Crippen LogP contribution in [-0.4, -0.2) is 37.6 Å². The topological polar surface area (TPSA) is 132 Å². The predicted molar refractivity (Wildman–Crippen MR) is 174 cm³/mol. The van der Waals surface area contributed by atoms with Crippen molar-refractivity contribution in [3.8, 4) is 11.3 Å². The SMILES string of the molecule is COC(=O)CCc1ccc(N(Cc2ccc(/N=C/c3nc(-c4ccccc4)cs3)cc2)S(=O)(=O)c2ccccc2[N+](=O)[O-])cc1. The quantitative estimate of drug-likeness (QED) is 0.0623. The molecule has 0 saturated carbocycles. The molecule has 12 heteroatoms. The van der Waals surface area contributed by atoms with Crippen LogP contribution in [0.2, 0.25) is 0 Å². The summed E-state index contributed by atoms with van der Waals surface area (Å²) >= 11 is 1.48. The fraction of sp³-hybridized carbons (Fsp3) is 0.121. The Balaban J connectivity index is 1.39. The number of nitro groups is 1. The third kappa shape index (κ3) is 7.66. The second kappa shape index (κ2) is 14.1.